The van der Waals surface area contributed by atoms with Crippen LogP contribution in [0.3, 0.4) is 0 Å². The van der Waals surface area contributed by atoms with Crippen LogP contribution in [0, 0.1) is 31.4 Å². The smallest absolute Gasteiger partial charge is 0.303 e. The van der Waals surface area contributed by atoms with Crippen LogP contribution in [0.5, 0.6) is 11.5 Å². The molecule has 1 aliphatic carbocycles. The summed E-state index contributed by atoms with van der Waals surface area (Å²) in [5.41, 5.74) is 3.62. The molecule has 0 spiro atoms. The Balaban J connectivity index is 1.97. The molecule has 0 aromatic heterocycles. The van der Waals surface area contributed by atoms with Crippen LogP contribution in [0.4, 0.5) is 8.78 Å². The van der Waals surface area contributed by atoms with Gasteiger partial charge in [-0.05, 0) is 49.4 Å². The number of fused-ring (bicyclic) bond motifs is 1. The first-order valence-corrected chi connectivity index (χ1v) is 9.84. The number of hydrogen-bond acceptors (Lipinski definition) is 4. The normalized spacial score (nSPS) is 17.8. The largest absolute Gasteiger partial charge is 0.497 e. The minimum Gasteiger partial charge on any atom is -0.497 e. The van der Waals surface area contributed by atoms with Crippen LogP contribution >= 0.6 is 0 Å². The number of benzene rings is 2. The van der Waals surface area contributed by atoms with Crippen molar-refractivity contribution in [2.24, 2.45) is 5.92 Å². The minimum absolute atomic E-state index is 0.00812. The number of carbonyl (C=O) groups excluding carboxylic acids is 1. The topological polar surface area (TPSA) is 44.8 Å². The van der Waals surface area contributed by atoms with Gasteiger partial charge in [-0.1, -0.05) is 6.08 Å². The lowest BCUT2D eigenvalue weighted by molar-refractivity contribution is -0.149. The zero-order valence-corrected chi connectivity index (χ0v) is 17.7. The Kier molecular flexibility index (Phi) is 6.44. The third-order valence-corrected chi connectivity index (χ3v) is 5.64. The molecule has 160 valence electrons. The Morgan fingerprint density at radius 2 is 1.90 bits per heavy atom. The molecule has 0 fully saturated rings. The summed E-state index contributed by atoms with van der Waals surface area (Å²) < 4.78 is 44.9. The van der Waals surface area contributed by atoms with E-state index in [1.807, 2.05) is 19.9 Å². The highest BCUT2D eigenvalue weighted by atomic mass is 19.1. The number of aryl methyl sites for hydroxylation is 1. The average molecular weight is 416 g/mol. The van der Waals surface area contributed by atoms with Crippen molar-refractivity contribution >= 4 is 5.97 Å². The predicted octanol–water partition coefficient (Wildman–Crippen LogP) is 5.52. The van der Waals surface area contributed by atoms with E-state index >= 15 is 0 Å². The molecular weight excluding hydrogens is 390 g/mol. The fourth-order valence-corrected chi connectivity index (χ4v) is 4.06. The van der Waals surface area contributed by atoms with Gasteiger partial charge in [-0.3, -0.25) is 4.79 Å². The second kappa shape index (κ2) is 8.86. The van der Waals surface area contributed by atoms with E-state index in [1.54, 1.807) is 6.08 Å². The van der Waals surface area contributed by atoms with Crippen LogP contribution in [0.25, 0.3) is 0 Å². The molecule has 0 unspecified atom stereocenters. The molecule has 30 heavy (non-hydrogen) atoms. The van der Waals surface area contributed by atoms with E-state index in [1.165, 1.54) is 14.0 Å². The van der Waals surface area contributed by atoms with Crippen LogP contribution in [-0.2, 0) is 22.6 Å². The maximum absolute atomic E-state index is 14.3. The van der Waals surface area contributed by atoms with Crippen molar-refractivity contribution in [2.45, 2.75) is 46.3 Å². The summed E-state index contributed by atoms with van der Waals surface area (Å²) in [5.74, 6) is -1.24. The first-order chi connectivity index (χ1) is 14.3. The molecule has 0 saturated carbocycles. The van der Waals surface area contributed by atoms with Gasteiger partial charge in [0, 0.05) is 30.5 Å². The van der Waals surface area contributed by atoms with Crippen LogP contribution in [-0.4, -0.2) is 13.1 Å². The van der Waals surface area contributed by atoms with Crippen LogP contribution in [0.15, 0.2) is 30.9 Å². The molecule has 0 amide bonds. The van der Waals surface area contributed by atoms with Crippen LogP contribution in [0.2, 0.25) is 0 Å². The van der Waals surface area contributed by atoms with Crippen molar-refractivity contribution in [3.8, 4) is 11.5 Å². The molecule has 4 nitrogen and oxygen atoms in total. The lowest BCUT2D eigenvalue weighted by atomic mass is 9.77. The van der Waals surface area contributed by atoms with Crippen molar-refractivity contribution in [3.63, 3.8) is 0 Å². The zero-order valence-electron chi connectivity index (χ0n) is 17.7. The zero-order chi connectivity index (χ0) is 22.0. The molecule has 2 aromatic carbocycles. The maximum Gasteiger partial charge on any atom is 0.303 e. The van der Waals surface area contributed by atoms with Gasteiger partial charge in [-0.15, -0.1) is 6.58 Å². The van der Waals surface area contributed by atoms with E-state index in [4.69, 9.17) is 14.2 Å². The van der Waals surface area contributed by atoms with Gasteiger partial charge < -0.3 is 14.2 Å². The third kappa shape index (κ3) is 4.18. The van der Waals surface area contributed by atoms with Crippen molar-refractivity contribution < 1.29 is 27.8 Å². The molecule has 0 N–H and O–H groups in total. The highest BCUT2D eigenvalue weighted by Crippen LogP contribution is 2.44. The van der Waals surface area contributed by atoms with Crippen molar-refractivity contribution in [3.05, 3.63) is 70.3 Å². The highest BCUT2D eigenvalue weighted by Gasteiger charge is 2.33. The second-order valence-electron chi connectivity index (χ2n) is 7.54. The Hall–Kier alpha value is -2.89. The van der Waals surface area contributed by atoms with Gasteiger partial charge in [-0.2, -0.15) is 0 Å². The number of rotatable bonds is 6. The number of ether oxygens (including phenoxy) is 3. The number of hydrogen-bond donors (Lipinski definition) is 0. The van der Waals surface area contributed by atoms with Gasteiger partial charge in [-0.25, -0.2) is 8.78 Å². The molecule has 0 saturated heterocycles. The average Bonchev–Trinajstić information content (AvgIpc) is 2.69. The summed E-state index contributed by atoms with van der Waals surface area (Å²) in [5, 5.41) is 0. The summed E-state index contributed by atoms with van der Waals surface area (Å²) in [4.78, 5) is 11.7. The second-order valence-corrected chi connectivity index (χ2v) is 7.54. The van der Waals surface area contributed by atoms with Gasteiger partial charge in [0.15, 0.2) is 0 Å². The van der Waals surface area contributed by atoms with Gasteiger partial charge in [0.25, 0.3) is 0 Å². The highest BCUT2D eigenvalue weighted by molar-refractivity contribution is 5.67. The maximum atomic E-state index is 14.3. The van der Waals surface area contributed by atoms with E-state index in [0.717, 1.165) is 47.2 Å². The molecule has 2 atom stereocenters. The summed E-state index contributed by atoms with van der Waals surface area (Å²) >= 11 is 0. The SMILES string of the molecule is C=C[C@@H]1CCc2c(C)cc(OCc3c(F)cc(OC)cc3F)c(C)c2[C@@H]1OC(C)=O. The lowest BCUT2D eigenvalue weighted by Gasteiger charge is -2.34. The standard InChI is InChI=1S/C24H26F2O4/c1-6-16-7-8-18-13(2)9-22(14(3)23(18)24(16)30-15(4)27)29-12-19-20(25)10-17(28-5)11-21(19)26/h6,9-11,16,24H,1,7-8,12H2,2-5H3/t16-,24-/m1/s1. The summed E-state index contributed by atoms with van der Waals surface area (Å²) in [6.45, 7) is 8.82. The fraction of sp³-hybridized carbons (Fsp3) is 0.375. The number of halogens is 2. The van der Waals surface area contributed by atoms with Crippen molar-refractivity contribution in [2.75, 3.05) is 7.11 Å². The summed E-state index contributed by atoms with van der Waals surface area (Å²) in [7, 11) is 1.35. The molecule has 3 rings (SSSR count). The molecule has 0 aliphatic heterocycles. The first-order valence-electron chi connectivity index (χ1n) is 9.84. The summed E-state index contributed by atoms with van der Waals surface area (Å²) in [6.07, 6.45) is 3.01. The fourth-order valence-electron chi connectivity index (χ4n) is 4.06. The van der Waals surface area contributed by atoms with Gasteiger partial charge in [0.1, 0.15) is 35.8 Å². The number of carbonyl (C=O) groups is 1. The van der Waals surface area contributed by atoms with Gasteiger partial charge >= 0.3 is 5.97 Å². The van der Waals surface area contributed by atoms with E-state index in [0.29, 0.717) is 5.75 Å². The molecule has 2 aromatic rings. The molecule has 1 aliphatic rings. The number of esters is 1. The predicted molar refractivity (Wildman–Crippen MR) is 110 cm³/mol. The van der Waals surface area contributed by atoms with Gasteiger partial charge in [0.2, 0.25) is 0 Å². The number of methoxy groups -OCH3 is 1. The Bertz CT molecular complexity index is 961. The van der Waals surface area contributed by atoms with E-state index in [9.17, 15) is 13.6 Å². The molecule has 0 heterocycles. The quantitative estimate of drug-likeness (QED) is 0.459. The van der Waals surface area contributed by atoms with Crippen molar-refractivity contribution in [1.29, 1.82) is 0 Å². The van der Waals surface area contributed by atoms with E-state index < -0.39 is 17.7 Å². The van der Waals surface area contributed by atoms with Crippen molar-refractivity contribution in [1.82, 2.24) is 0 Å². The lowest BCUT2D eigenvalue weighted by Crippen LogP contribution is -2.25. The molecule has 0 radical (unpaired) electrons. The molecule has 0 bridgehead atoms. The van der Waals surface area contributed by atoms with Crippen LogP contribution in [0.1, 0.15) is 47.3 Å². The van der Waals surface area contributed by atoms with E-state index in [-0.39, 0.29) is 29.8 Å². The monoisotopic (exact) mass is 416 g/mol. The molecular formula is C24H26F2O4. The van der Waals surface area contributed by atoms with Gasteiger partial charge in [0.05, 0.1) is 12.7 Å². The summed E-state index contributed by atoms with van der Waals surface area (Å²) in [6, 6.07) is 4.11. The van der Waals surface area contributed by atoms with E-state index in [2.05, 4.69) is 6.58 Å². The first kappa shape index (κ1) is 21.8. The Labute approximate surface area is 175 Å². The Morgan fingerprint density at radius 3 is 2.47 bits per heavy atom. The third-order valence-electron chi connectivity index (χ3n) is 5.64. The molecule has 6 heteroatoms. The van der Waals surface area contributed by atoms with Crippen LogP contribution < -0.4 is 9.47 Å². The Morgan fingerprint density at radius 1 is 1.23 bits per heavy atom. The minimum atomic E-state index is -0.733.